The molecule has 0 heterocycles. The lowest BCUT2D eigenvalue weighted by Gasteiger charge is -2.31. The summed E-state index contributed by atoms with van der Waals surface area (Å²) in [6.45, 7) is 2.21. The molecule has 0 aliphatic carbocycles. The Balaban J connectivity index is 2.40. The summed E-state index contributed by atoms with van der Waals surface area (Å²) < 4.78 is 0.916. The van der Waals surface area contributed by atoms with Gasteiger partial charge in [0.2, 0.25) is 0 Å². The average molecular weight is 243 g/mol. The van der Waals surface area contributed by atoms with Crippen LogP contribution in [0, 0.1) is 0 Å². The van der Waals surface area contributed by atoms with Gasteiger partial charge in [0.1, 0.15) is 5.69 Å². The predicted molar refractivity (Wildman–Crippen MR) is 81.0 cm³/mol. The van der Waals surface area contributed by atoms with Gasteiger partial charge in [-0.1, -0.05) is 30.3 Å². The lowest BCUT2D eigenvalue weighted by molar-refractivity contribution is 0.319. The van der Waals surface area contributed by atoms with E-state index >= 15 is 0 Å². The lowest BCUT2D eigenvalue weighted by atomic mass is 10.1. The highest BCUT2D eigenvalue weighted by molar-refractivity contribution is 5.93. The summed E-state index contributed by atoms with van der Waals surface area (Å²) in [6, 6.07) is 15.2. The molecule has 18 heavy (non-hydrogen) atoms. The second-order valence-corrected chi connectivity index (χ2v) is 5.71. The van der Waals surface area contributed by atoms with Crippen LogP contribution in [0.4, 0.5) is 5.69 Å². The first-order chi connectivity index (χ1) is 8.50. The van der Waals surface area contributed by atoms with Crippen molar-refractivity contribution in [2.45, 2.75) is 0 Å². The molecule has 2 aromatic rings. The number of nitrogens with zero attached hydrogens (tertiary/aromatic N) is 2. The van der Waals surface area contributed by atoms with Crippen LogP contribution in [0.1, 0.15) is 0 Å². The van der Waals surface area contributed by atoms with Crippen LogP contribution in [0.5, 0.6) is 0 Å². The van der Waals surface area contributed by atoms with Gasteiger partial charge < -0.3 is 4.90 Å². The Bertz CT molecular complexity index is 524. The number of quaternary nitrogens is 1. The molecule has 0 aliphatic rings. The van der Waals surface area contributed by atoms with Crippen LogP contribution in [0.15, 0.2) is 42.5 Å². The average Bonchev–Trinajstić information content (AvgIpc) is 2.36. The van der Waals surface area contributed by atoms with Crippen molar-refractivity contribution in [3.63, 3.8) is 0 Å². The quantitative estimate of drug-likeness (QED) is 0.746. The number of rotatable bonds is 4. The fourth-order valence-electron chi connectivity index (χ4n) is 2.31. The van der Waals surface area contributed by atoms with E-state index in [9.17, 15) is 0 Å². The summed E-state index contributed by atoms with van der Waals surface area (Å²) in [5.74, 6) is 0. The maximum atomic E-state index is 2.28. The predicted octanol–water partition coefficient (Wildman–Crippen LogP) is 2.97. The number of hydrogen-bond donors (Lipinski definition) is 0. The second-order valence-electron chi connectivity index (χ2n) is 5.71. The first kappa shape index (κ1) is 13.1. The Morgan fingerprint density at radius 2 is 1.61 bits per heavy atom. The van der Waals surface area contributed by atoms with Crippen molar-refractivity contribution in [2.75, 3.05) is 41.3 Å². The Hall–Kier alpha value is -1.38. The van der Waals surface area contributed by atoms with Gasteiger partial charge >= 0.3 is 0 Å². The van der Waals surface area contributed by atoms with Crippen molar-refractivity contribution in [3.8, 4) is 0 Å². The summed E-state index contributed by atoms with van der Waals surface area (Å²) in [5.41, 5.74) is 1.40. The standard InChI is InChI=1S/C16H23N2/c1-17(2)12-13-18(3,4)16-11-7-9-14-8-5-6-10-15(14)16/h5-11H,12-13H2,1-4H3/q+1. The highest BCUT2D eigenvalue weighted by Gasteiger charge is 2.21. The molecule has 0 unspecified atom stereocenters. The zero-order valence-electron chi connectivity index (χ0n) is 11.9. The van der Waals surface area contributed by atoms with Crippen LogP contribution in [-0.4, -0.2) is 46.2 Å². The van der Waals surface area contributed by atoms with Crippen molar-refractivity contribution in [2.24, 2.45) is 0 Å². The maximum absolute atomic E-state index is 2.28. The van der Waals surface area contributed by atoms with E-state index in [1.807, 2.05) is 0 Å². The molecule has 0 amide bonds. The molecule has 0 fully saturated rings. The highest BCUT2D eigenvalue weighted by atomic mass is 15.3. The minimum Gasteiger partial charge on any atom is -0.304 e. The molecule has 2 heteroatoms. The summed E-state index contributed by atoms with van der Waals surface area (Å²) in [5, 5.41) is 2.69. The molecule has 0 aromatic heterocycles. The van der Waals surface area contributed by atoms with E-state index in [1.54, 1.807) is 0 Å². The van der Waals surface area contributed by atoms with E-state index in [2.05, 4.69) is 75.6 Å². The smallest absolute Gasteiger partial charge is 0.140 e. The van der Waals surface area contributed by atoms with Crippen molar-refractivity contribution < 1.29 is 0 Å². The van der Waals surface area contributed by atoms with Crippen molar-refractivity contribution >= 4 is 16.5 Å². The SMILES string of the molecule is CN(C)CC[N+](C)(C)c1cccc2ccccc12. The van der Waals surface area contributed by atoms with Gasteiger partial charge in [-0.2, -0.15) is 0 Å². The van der Waals surface area contributed by atoms with Gasteiger partial charge in [0.15, 0.2) is 0 Å². The minimum absolute atomic E-state index is 0.916. The van der Waals surface area contributed by atoms with Crippen molar-refractivity contribution in [1.29, 1.82) is 0 Å². The Morgan fingerprint density at radius 3 is 2.33 bits per heavy atom. The summed E-state index contributed by atoms with van der Waals surface area (Å²) in [6.07, 6.45) is 0. The molecule has 0 saturated carbocycles. The van der Waals surface area contributed by atoms with E-state index in [0.29, 0.717) is 0 Å². The summed E-state index contributed by atoms with van der Waals surface area (Å²) >= 11 is 0. The molecule has 0 spiro atoms. The second kappa shape index (κ2) is 5.09. The molecule has 0 bridgehead atoms. The van der Waals surface area contributed by atoms with E-state index in [4.69, 9.17) is 0 Å². The van der Waals surface area contributed by atoms with E-state index in [-0.39, 0.29) is 0 Å². The van der Waals surface area contributed by atoms with Crippen LogP contribution in [0.2, 0.25) is 0 Å². The largest absolute Gasteiger partial charge is 0.304 e. The van der Waals surface area contributed by atoms with Gasteiger partial charge in [-0.3, -0.25) is 4.48 Å². The van der Waals surface area contributed by atoms with Crippen LogP contribution in [0.3, 0.4) is 0 Å². The first-order valence-corrected chi connectivity index (χ1v) is 6.47. The third kappa shape index (κ3) is 2.71. The van der Waals surface area contributed by atoms with Gasteiger partial charge in [-0.25, -0.2) is 0 Å². The van der Waals surface area contributed by atoms with Crippen LogP contribution in [-0.2, 0) is 0 Å². The Morgan fingerprint density at radius 1 is 0.944 bits per heavy atom. The molecular weight excluding hydrogens is 220 g/mol. The molecule has 0 atom stereocenters. The highest BCUT2D eigenvalue weighted by Crippen LogP contribution is 2.29. The maximum Gasteiger partial charge on any atom is 0.140 e. The van der Waals surface area contributed by atoms with Crippen LogP contribution >= 0.6 is 0 Å². The van der Waals surface area contributed by atoms with Gasteiger partial charge in [0.05, 0.1) is 20.6 Å². The Labute approximate surface area is 110 Å². The summed E-state index contributed by atoms with van der Waals surface area (Å²) in [7, 11) is 8.82. The first-order valence-electron chi connectivity index (χ1n) is 6.47. The molecule has 0 radical (unpaired) electrons. The molecule has 2 nitrogen and oxygen atoms in total. The van der Waals surface area contributed by atoms with Gasteiger partial charge in [-0.05, 0) is 31.6 Å². The van der Waals surface area contributed by atoms with Gasteiger partial charge in [-0.15, -0.1) is 0 Å². The molecule has 96 valence electrons. The topological polar surface area (TPSA) is 3.24 Å². The van der Waals surface area contributed by atoms with E-state index in [0.717, 1.165) is 17.6 Å². The number of fused-ring (bicyclic) bond motifs is 1. The van der Waals surface area contributed by atoms with Crippen LogP contribution < -0.4 is 4.48 Å². The molecule has 2 aromatic carbocycles. The minimum atomic E-state index is 0.916. The molecule has 0 aliphatic heterocycles. The fraction of sp³-hybridized carbons (Fsp3) is 0.375. The van der Waals surface area contributed by atoms with Crippen molar-refractivity contribution in [1.82, 2.24) is 9.38 Å². The monoisotopic (exact) mass is 243 g/mol. The van der Waals surface area contributed by atoms with Crippen LogP contribution in [0.25, 0.3) is 10.8 Å². The lowest BCUT2D eigenvalue weighted by Crippen LogP contribution is -2.45. The van der Waals surface area contributed by atoms with Gasteiger partial charge in [0.25, 0.3) is 0 Å². The van der Waals surface area contributed by atoms with E-state index < -0.39 is 0 Å². The third-order valence-corrected chi connectivity index (χ3v) is 3.53. The zero-order valence-corrected chi connectivity index (χ0v) is 11.9. The number of likely N-dealkylation sites (N-methyl/N-ethyl adjacent to an activating group) is 2. The molecule has 2 rings (SSSR count). The Kier molecular flexibility index (Phi) is 3.69. The molecule has 0 saturated heterocycles. The molecular formula is C16H23N2+. The van der Waals surface area contributed by atoms with E-state index in [1.165, 1.54) is 16.5 Å². The normalized spacial score (nSPS) is 12.3. The summed E-state index contributed by atoms with van der Waals surface area (Å²) in [4.78, 5) is 2.24. The van der Waals surface area contributed by atoms with Gasteiger partial charge in [0, 0.05) is 11.9 Å². The third-order valence-electron chi connectivity index (χ3n) is 3.53. The fourth-order valence-corrected chi connectivity index (χ4v) is 2.31. The molecule has 0 N–H and O–H groups in total. The number of hydrogen-bond acceptors (Lipinski definition) is 1. The zero-order chi connectivity index (χ0) is 13.2. The van der Waals surface area contributed by atoms with Crippen molar-refractivity contribution in [3.05, 3.63) is 42.5 Å². The number of benzene rings is 2.